The third-order valence-corrected chi connectivity index (χ3v) is 3.08. The number of hydrogen-bond acceptors (Lipinski definition) is 3. The van der Waals surface area contributed by atoms with Gasteiger partial charge in [-0.05, 0) is 22.9 Å². The van der Waals surface area contributed by atoms with E-state index in [2.05, 4.69) is 26.1 Å². The third-order valence-electron chi connectivity index (χ3n) is 2.50. The van der Waals surface area contributed by atoms with Gasteiger partial charge in [0.05, 0.1) is 10.7 Å². The van der Waals surface area contributed by atoms with E-state index in [1.165, 1.54) is 4.68 Å². The van der Waals surface area contributed by atoms with Gasteiger partial charge in [0, 0.05) is 24.5 Å². The molecule has 2 rings (SSSR count). The van der Waals surface area contributed by atoms with Crippen LogP contribution in [0.4, 0.5) is 0 Å². The van der Waals surface area contributed by atoms with Gasteiger partial charge in [0.15, 0.2) is 0 Å². The number of nitrogens with zero attached hydrogens (tertiary/aromatic N) is 4. The lowest BCUT2D eigenvalue weighted by Gasteiger charge is -1.97. The smallest absolute Gasteiger partial charge is 0.325 e. The molecular formula is C10H11BrN4O2. The van der Waals surface area contributed by atoms with Crippen LogP contribution in [0.2, 0.25) is 0 Å². The van der Waals surface area contributed by atoms with Crippen molar-refractivity contribution >= 4 is 21.9 Å². The van der Waals surface area contributed by atoms with Crippen LogP contribution < -0.4 is 0 Å². The lowest BCUT2D eigenvalue weighted by molar-refractivity contribution is -0.137. The van der Waals surface area contributed by atoms with Gasteiger partial charge in [-0.2, -0.15) is 10.2 Å². The van der Waals surface area contributed by atoms with Crippen molar-refractivity contribution in [3.63, 3.8) is 0 Å². The molecule has 0 aliphatic carbocycles. The summed E-state index contributed by atoms with van der Waals surface area (Å²) < 4.78 is 3.89. The standard InChI is InChI=1S/C10H11BrN4O2/c1-6-7(3-12-14(6)2)10-8(11)4-15(13-10)5-9(16)17/h3-4H,5H2,1-2H3,(H,16,17). The van der Waals surface area contributed by atoms with Crippen molar-refractivity contribution in [1.29, 1.82) is 0 Å². The Balaban J connectivity index is 2.42. The SMILES string of the molecule is Cc1c(-c2nn(CC(=O)O)cc2Br)cnn1C. The molecule has 17 heavy (non-hydrogen) atoms. The van der Waals surface area contributed by atoms with Crippen molar-refractivity contribution in [2.45, 2.75) is 13.5 Å². The van der Waals surface area contributed by atoms with Crippen molar-refractivity contribution in [1.82, 2.24) is 19.6 Å². The van der Waals surface area contributed by atoms with Crippen LogP contribution in [0.25, 0.3) is 11.3 Å². The molecule has 1 N–H and O–H groups in total. The summed E-state index contributed by atoms with van der Waals surface area (Å²) in [4.78, 5) is 10.6. The van der Waals surface area contributed by atoms with Crippen LogP contribution >= 0.6 is 15.9 Å². The number of carboxylic acids is 1. The van der Waals surface area contributed by atoms with Gasteiger partial charge in [0.2, 0.25) is 0 Å². The number of carbonyl (C=O) groups is 1. The molecule has 0 radical (unpaired) electrons. The summed E-state index contributed by atoms with van der Waals surface area (Å²) in [5.41, 5.74) is 2.58. The van der Waals surface area contributed by atoms with E-state index in [1.807, 2.05) is 14.0 Å². The van der Waals surface area contributed by atoms with E-state index < -0.39 is 5.97 Å². The minimum absolute atomic E-state index is 0.155. The van der Waals surface area contributed by atoms with Crippen molar-refractivity contribution in [2.75, 3.05) is 0 Å². The highest BCUT2D eigenvalue weighted by molar-refractivity contribution is 9.10. The van der Waals surface area contributed by atoms with Gasteiger partial charge in [0.1, 0.15) is 12.2 Å². The molecule has 0 spiro atoms. The van der Waals surface area contributed by atoms with Gasteiger partial charge in [0.25, 0.3) is 0 Å². The first-order chi connectivity index (χ1) is 7.99. The number of halogens is 1. The molecule has 90 valence electrons. The van der Waals surface area contributed by atoms with Crippen LogP contribution in [-0.2, 0) is 18.4 Å². The fourth-order valence-corrected chi connectivity index (χ4v) is 2.06. The number of rotatable bonds is 3. The molecule has 2 aromatic rings. The summed E-state index contributed by atoms with van der Waals surface area (Å²) in [6.45, 7) is 1.78. The minimum atomic E-state index is -0.922. The normalized spacial score (nSPS) is 10.8. The molecule has 0 unspecified atom stereocenters. The highest BCUT2D eigenvalue weighted by Gasteiger charge is 2.15. The average molecular weight is 299 g/mol. The highest BCUT2D eigenvalue weighted by Crippen LogP contribution is 2.28. The van der Waals surface area contributed by atoms with Crippen molar-refractivity contribution in [3.05, 3.63) is 22.6 Å². The maximum Gasteiger partial charge on any atom is 0.325 e. The molecule has 2 heterocycles. The van der Waals surface area contributed by atoms with Crippen molar-refractivity contribution < 1.29 is 9.90 Å². The molecule has 0 atom stereocenters. The van der Waals surface area contributed by atoms with E-state index in [9.17, 15) is 4.79 Å². The van der Waals surface area contributed by atoms with Gasteiger partial charge in [-0.25, -0.2) is 0 Å². The number of hydrogen-bond donors (Lipinski definition) is 1. The number of aliphatic carboxylic acids is 1. The monoisotopic (exact) mass is 298 g/mol. The fraction of sp³-hybridized carbons (Fsp3) is 0.300. The van der Waals surface area contributed by atoms with Crippen LogP contribution in [0.3, 0.4) is 0 Å². The second kappa shape index (κ2) is 4.33. The largest absolute Gasteiger partial charge is 0.480 e. The van der Waals surface area contributed by atoms with Crippen LogP contribution in [0, 0.1) is 6.92 Å². The second-order valence-electron chi connectivity index (χ2n) is 3.68. The summed E-state index contributed by atoms with van der Waals surface area (Å²) in [6, 6.07) is 0. The van der Waals surface area contributed by atoms with E-state index in [1.54, 1.807) is 17.1 Å². The molecule has 0 aliphatic heterocycles. The van der Waals surface area contributed by atoms with E-state index >= 15 is 0 Å². The summed E-state index contributed by atoms with van der Waals surface area (Å²) in [6.07, 6.45) is 3.36. The molecule has 0 saturated carbocycles. The first kappa shape index (κ1) is 11.8. The van der Waals surface area contributed by atoms with E-state index in [0.717, 1.165) is 15.7 Å². The predicted molar refractivity (Wildman–Crippen MR) is 64.5 cm³/mol. The quantitative estimate of drug-likeness (QED) is 0.930. The van der Waals surface area contributed by atoms with Gasteiger partial charge in [-0.15, -0.1) is 0 Å². The maximum absolute atomic E-state index is 10.6. The molecule has 6 nitrogen and oxygen atoms in total. The zero-order chi connectivity index (χ0) is 12.6. The van der Waals surface area contributed by atoms with Gasteiger partial charge in [-0.3, -0.25) is 14.2 Å². The molecule has 7 heteroatoms. The molecule has 0 fully saturated rings. The molecular weight excluding hydrogens is 288 g/mol. The molecule has 0 aliphatic rings. The second-order valence-corrected chi connectivity index (χ2v) is 4.54. The Bertz CT molecular complexity index is 573. The summed E-state index contributed by atoms with van der Waals surface area (Å²) in [7, 11) is 1.85. The Labute approximate surface area is 106 Å². The van der Waals surface area contributed by atoms with Gasteiger partial charge < -0.3 is 5.11 Å². The van der Waals surface area contributed by atoms with Crippen LogP contribution in [0.5, 0.6) is 0 Å². The van der Waals surface area contributed by atoms with Crippen LogP contribution in [-0.4, -0.2) is 30.6 Å². The van der Waals surface area contributed by atoms with Crippen molar-refractivity contribution in [2.24, 2.45) is 7.05 Å². The Morgan fingerprint density at radius 1 is 1.59 bits per heavy atom. The molecule has 0 aromatic carbocycles. The van der Waals surface area contributed by atoms with Crippen molar-refractivity contribution in [3.8, 4) is 11.3 Å². The number of aromatic nitrogens is 4. The van der Waals surface area contributed by atoms with Crippen LogP contribution in [0.1, 0.15) is 5.69 Å². The van der Waals surface area contributed by atoms with E-state index in [0.29, 0.717) is 5.69 Å². The fourth-order valence-electron chi connectivity index (χ4n) is 1.53. The Morgan fingerprint density at radius 2 is 2.29 bits per heavy atom. The Morgan fingerprint density at radius 3 is 2.82 bits per heavy atom. The lowest BCUT2D eigenvalue weighted by Crippen LogP contribution is -2.08. The predicted octanol–water partition coefficient (Wildman–Crippen LogP) is 1.44. The highest BCUT2D eigenvalue weighted by atomic mass is 79.9. The van der Waals surface area contributed by atoms with E-state index in [4.69, 9.17) is 5.11 Å². The minimum Gasteiger partial charge on any atom is -0.480 e. The van der Waals surface area contributed by atoms with Crippen LogP contribution in [0.15, 0.2) is 16.9 Å². The molecule has 2 aromatic heterocycles. The maximum atomic E-state index is 10.6. The number of aryl methyl sites for hydroxylation is 1. The lowest BCUT2D eigenvalue weighted by atomic mass is 10.2. The first-order valence-corrected chi connectivity index (χ1v) is 5.72. The Kier molecular flexibility index (Phi) is 3.01. The van der Waals surface area contributed by atoms with Gasteiger partial charge in [-0.1, -0.05) is 0 Å². The summed E-state index contributed by atoms with van der Waals surface area (Å²) in [5.74, 6) is -0.922. The molecule has 0 saturated heterocycles. The zero-order valence-corrected chi connectivity index (χ0v) is 11.0. The Hall–Kier alpha value is -1.63. The molecule has 0 bridgehead atoms. The topological polar surface area (TPSA) is 72.9 Å². The summed E-state index contributed by atoms with van der Waals surface area (Å²) in [5, 5.41) is 17.1. The average Bonchev–Trinajstić information content (AvgIpc) is 2.72. The van der Waals surface area contributed by atoms with Gasteiger partial charge >= 0.3 is 5.97 Å². The number of carboxylic acid groups (broad SMARTS) is 1. The molecule has 0 amide bonds. The van der Waals surface area contributed by atoms with E-state index in [-0.39, 0.29) is 6.54 Å². The summed E-state index contributed by atoms with van der Waals surface area (Å²) >= 11 is 3.37. The first-order valence-electron chi connectivity index (χ1n) is 4.92. The third kappa shape index (κ3) is 2.23. The zero-order valence-electron chi connectivity index (χ0n) is 9.38.